The molecule has 0 aliphatic heterocycles. The highest BCUT2D eigenvalue weighted by molar-refractivity contribution is 6.20. The highest BCUT2D eigenvalue weighted by Gasteiger charge is 2.26. The van der Waals surface area contributed by atoms with E-state index in [1.807, 2.05) is 0 Å². The third-order valence-corrected chi connectivity index (χ3v) is 17.9. The highest BCUT2D eigenvalue weighted by Crippen LogP contribution is 2.47. The summed E-state index contributed by atoms with van der Waals surface area (Å²) in [5.41, 5.74) is 22.1. The van der Waals surface area contributed by atoms with Crippen LogP contribution in [-0.2, 0) is 0 Å². The van der Waals surface area contributed by atoms with E-state index in [2.05, 4.69) is 334 Å². The lowest BCUT2D eigenvalue weighted by Crippen LogP contribution is -2.04. The molecule has 0 aliphatic carbocycles. The van der Waals surface area contributed by atoms with Crippen LogP contribution in [0.2, 0.25) is 0 Å². The van der Waals surface area contributed by atoms with Crippen LogP contribution >= 0.6 is 0 Å². The van der Waals surface area contributed by atoms with E-state index in [-0.39, 0.29) is 0 Å². The van der Waals surface area contributed by atoms with Gasteiger partial charge in [-0.2, -0.15) is 0 Å². The largest absolute Gasteiger partial charge is 0.309 e. The Bertz CT molecular complexity index is 5460. The van der Waals surface area contributed by atoms with E-state index in [0.717, 1.165) is 117 Å². The van der Waals surface area contributed by atoms with E-state index >= 15 is 0 Å². The molecular formula is C82H52N6. The van der Waals surface area contributed by atoms with Crippen LogP contribution in [0.1, 0.15) is 0 Å². The fourth-order valence-corrected chi connectivity index (χ4v) is 14.1. The molecule has 0 bridgehead atoms. The van der Waals surface area contributed by atoms with Crippen LogP contribution in [0.15, 0.2) is 315 Å². The molecule has 6 heteroatoms. The van der Waals surface area contributed by atoms with Gasteiger partial charge in [-0.25, -0.2) is 9.97 Å². The minimum Gasteiger partial charge on any atom is -0.309 e. The van der Waals surface area contributed by atoms with Gasteiger partial charge in [-0.1, -0.05) is 212 Å². The number of aromatic nitrogens is 6. The van der Waals surface area contributed by atoms with Crippen LogP contribution in [-0.4, -0.2) is 28.2 Å². The smallest absolute Gasteiger partial charge is 0.160 e. The number of hydrogen-bond donors (Lipinski definition) is 0. The van der Waals surface area contributed by atoms with E-state index in [1.165, 1.54) is 43.1 Å². The molecule has 0 fully saturated rings. The molecule has 0 saturated heterocycles. The molecule has 0 saturated carbocycles. The molecule has 88 heavy (non-hydrogen) atoms. The zero-order valence-corrected chi connectivity index (χ0v) is 47.7. The van der Waals surface area contributed by atoms with Crippen LogP contribution in [0, 0.1) is 0 Å². The number of fused-ring (bicyclic) bond motifs is 12. The molecule has 0 atom stereocenters. The first-order chi connectivity index (χ1) is 43.7. The van der Waals surface area contributed by atoms with Gasteiger partial charge in [-0.15, -0.1) is 0 Å². The van der Waals surface area contributed by atoms with Gasteiger partial charge in [0, 0.05) is 88.0 Å². The number of nitrogens with zero attached hydrogens (tertiary/aromatic N) is 6. The average Bonchev–Trinajstić information content (AvgIpc) is 1.71. The Morgan fingerprint density at radius 3 is 0.932 bits per heavy atom. The predicted molar refractivity (Wildman–Crippen MR) is 367 cm³/mol. The third-order valence-electron chi connectivity index (χ3n) is 17.9. The highest BCUT2D eigenvalue weighted by atomic mass is 15.0. The number of rotatable bonds is 9. The van der Waals surface area contributed by atoms with Crippen LogP contribution in [0.4, 0.5) is 0 Å². The summed E-state index contributed by atoms with van der Waals surface area (Å²) in [5.74, 6) is 0.627. The van der Waals surface area contributed by atoms with Crippen molar-refractivity contribution < 1.29 is 0 Å². The number of benzene rings is 13. The number of para-hydroxylation sites is 7. The Hall–Kier alpha value is -11.9. The van der Waals surface area contributed by atoms with Gasteiger partial charge in [0.1, 0.15) is 0 Å². The van der Waals surface area contributed by atoms with Crippen LogP contribution in [0.5, 0.6) is 0 Å². The monoisotopic (exact) mass is 1120 g/mol. The van der Waals surface area contributed by atoms with E-state index in [1.54, 1.807) is 0 Å². The maximum Gasteiger partial charge on any atom is 0.160 e. The SMILES string of the molecule is c1ccc(-c2cc(-c3ccccc3)nc(-c3cc(-c4cccc(-n5c6ccccc6c6ccccc65)c4)c(-n4c5ccccc5c5cc6c7ccccc7n(-c7ccccc7)c6cc54)c(-c4cccc(-n5c6ccccc6c6ccccc65)c4)c3)n2)cc1. The minimum atomic E-state index is 0.627. The van der Waals surface area contributed by atoms with Crippen LogP contribution in [0.3, 0.4) is 0 Å². The molecule has 6 nitrogen and oxygen atoms in total. The Morgan fingerprint density at radius 1 is 0.193 bits per heavy atom. The van der Waals surface area contributed by atoms with Crippen molar-refractivity contribution in [3.63, 3.8) is 0 Å². The van der Waals surface area contributed by atoms with Gasteiger partial charge in [-0.3, -0.25) is 0 Å². The summed E-state index contributed by atoms with van der Waals surface area (Å²) in [7, 11) is 0. The molecular weight excluding hydrogens is 1070 g/mol. The summed E-state index contributed by atoms with van der Waals surface area (Å²) < 4.78 is 9.84. The van der Waals surface area contributed by atoms with Crippen molar-refractivity contribution in [2.24, 2.45) is 0 Å². The fourth-order valence-electron chi connectivity index (χ4n) is 14.1. The van der Waals surface area contributed by atoms with Gasteiger partial charge in [0.05, 0.1) is 61.2 Å². The summed E-state index contributed by atoms with van der Waals surface area (Å²) in [6.07, 6.45) is 0. The average molecular weight is 1120 g/mol. The number of hydrogen-bond acceptors (Lipinski definition) is 2. The van der Waals surface area contributed by atoms with Crippen molar-refractivity contribution in [3.8, 4) is 78.9 Å². The molecule has 5 heterocycles. The first-order valence-corrected chi connectivity index (χ1v) is 30.1. The predicted octanol–water partition coefficient (Wildman–Crippen LogP) is 21.2. The van der Waals surface area contributed by atoms with Gasteiger partial charge in [0.25, 0.3) is 0 Å². The maximum absolute atomic E-state index is 5.58. The summed E-state index contributed by atoms with van der Waals surface area (Å²) in [6, 6.07) is 115. The normalized spacial score (nSPS) is 11.9. The fraction of sp³-hybridized carbons (Fsp3) is 0. The summed E-state index contributed by atoms with van der Waals surface area (Å²) in [5, 5.41) is 9.61. The van der Waals surface area contributed by atoms with Crippen molar-refractivity contribution in [2.45, 2.75) is 0 Å². The molecule has 0 radical (unpaired) electrons. The second-order valence-electron chi connectivity index (χ2n) is 22.9. The molecule has 5 aromatic heterocycles. The Balaban J connectivity index is 1.00. The lowest BCUT2D eigenvalue weighted by Gasteiger charge is -2.22. The molecule has 0 N–H and O–H groups in total. The van der Waals surface area contributed by atoms with Crippen molar-refractivity contribution >= 4 is 87.2 Å². The molecule has 410 valence electrons. The topological polar surface area (TPSA) is 45.5 Å². The van der Waals surface area contributed by atoms with Crippen LogP contribution < -0.4 is 0 Å². The van der Waals surface area contributed by atoms with Gasteiger partial charge in [-0.05, 0) is 114 Å². The van der Waals surface area contributed by atoms with Crippen molar-refractivity contribution in [1.82, 2.24) is 28.2 Å². The van der Waals surface area contributed by atoms with Gasteiger partial charge >= 0.3 is 0 Å². The Kier molecular flexibility index (Phi) is 11.2. The molecule has 13 aromatic carbocycles. The lowest BCUT2D eigenvalue weighted by molar-refractivity contribution is 1.15. The second-order valence-corrected chi connectivity index (χ2v) is 22.9. The maximum atomic E-state index is 5.58. The second kappa shape index (κ2) is 19.9. The van der Waals surface area contributed by atoms with E-state index in [9.17, 15) is 0 Å². The molecule has 0 unspecified atom stereocenters. The van der Waals surface area contributed by atoms with Crippen molar-refractivity contribution in [1.29, 1.82) is 0 Å². The lowest BCUT2D eigenvalue weighted by atomic mass is 9.91. The van der Waals surface area contributed by atoms with Gasteiger partial charge in [0.2, 0.25) is 0 Å². The zero-order chi connectivity index (χ0) is 57.8. The van der Waals surface area contributed by atoms with Crippen molar-refractivity contribution in [2.75, 3.05) is 0 Å². The zero-order valence-electron chi connectivity index (χ0n) is 47.7. The molecule has 0 aliphatic rings. The first kappa shape index (κ1) is 49.6. The third kappa shape index (κ3) is 7.76. The Morgan fingerprint density at radius 2 is 0.511 bits per heavy atom. The molecule has 0 spiro atoms. The quantitative estimate of drug-likeness (QED) is 0.145. The standard InChI is InChI=1S/C82H52N6/c1-4-24-53(25-5-1)71-51-72(54-26-6-2-7-27-54)84-82(83-71)57-48-67(55-28-22-32-59(46-55)86-73-40-16-10-34-61(73)62-35-11-17-41-74(62)86)81(68(49-57)56-29-23-33-60(47-56)87-75-42-18-12-36-63(75)64-37-13-19-43-76(64)87)88-78-45-21-15-39-66(78)70-50-69-65-38-14-20-44-77(65)85(79(69)52-80(70)88)58-30-8-3-9-31-58/h1-52H. The summed E-state index contributed by atoms with van der Waals surface area (Å²) in [6.45, 7) is 0. The van der Waals surface area contributed by atoms with Crippen molar-refractivity contribution in [3.05, 3.63) is 315 Å². The summed E-state index contributed by atoms with van der Waals surface area (Å²) >= 11 is 0. The Labute approximate surface area is 507 Å². The molecule has 18 rings (SSSR count). The first-order valence-electron chi connectivity index (χ1n) is 30.1. The van der Waals surface area contributed by atoms with E-state index in [0.29, 0.717) is 5.82 Å². The van der Waals surface area contributed by atoms with E-state index < -0.39 is 0 Å². The van der Waals surface area contributed by atoms with Crippen LogP contribution in [0.25, 0.3) is 166 Å². The summed E-state index contributed by atoms with van der Waals surface area (Å²) in [4.78, 5) is 11.2. The van der Waals surface area contributed by atoms with E-state index in [4.69, 9.17) is 9.97 Å². The van der Waals surface area contributed by atoms with Gasteiger partial charge in [0.15, 0.2) is 5.82 Å². The molecule has 0 amide bonds. The van der Waals surface area contributed by atoms with Gasteiger partial charge < -0.3 is 18.3 Å². The minimum absolute atomic E-state index is 0.627. The molecule has 18 aromatic rings.